The second-order valence-electron chi connectivity index (χ2n) is 3.33. The molecule has 2 rings (SSSR count). The highest BCUT2D eigenvalue weighted by Crippen LogP contribution is 2.20. The third-order valence-electron chi connectivity index (χ3n) is 2.52. The van der Waals surface area contributed by atoms with Gasteiger partial charge in [0.1, 0.15) is 6.29 Å². The maximum atomic E-state index is 10.5. The van der Waals surface area contributed by atoms with E-state index in [4.69, 9.17) is 0 Å². The van der Waals surface area contributed by atoms with Crippen LogP contribution in [0.15, 0.2) is 30.5 Å². The van der Waals surface area contributed by atoms with Crippen LogP contribution in [0, 0.1) is 0 Å². The Morgan fingerprint density at radius 3 is 2.93 bits per heavy atom. The fourth-order valence-electron chi connectivity index (χ4n) is 1.86. The van der Waals surface area contributed by atoms with Crippen molar-refractivity contribution in [1.82, 2.24) is 4.57 Å². The second kappa shape index (κ2) is 3.66. The van der Waals surface area contributed by atoms with Crippen molar-refractivity contribution >= 4 is 17.2 Å². The van der Waals surface area contributed by atoms with Crippen LogP contribution in [-0.2, 0) is 17.8 Å². The van der Waals surface area contributed by atoms with Gasteiger partial charge in [-0.2, -0.15) is 0 Å². The maximum Gasteiger partial charge on any atom is 0.124 e. The van der Waals surface area contributed by atoms with Crippen LogP contribution >= 0.6 is 0 Å². The highest BCUT2D eigenvalue weighted by atomic mass is 16.1. The Morgan fingerprint density at radius 1 is 1.36 bits per heavy atom. The lowest BCUT2D eigenvalue weighted by Gasteiger charge is -2.04. The number of para-hydroxylation sites is 1. The van der Waals surface area contributed by atoms with Crippen molar-refractivity contribution in [2.24, 2.45) is 0 Å². The van der Waals surface area contributed by atoms with E-state index in [2.05, 4.69) is 29.8 Å². The Morgan fingerprint density at radius 2 is 2.21 bits per heavy atom. The number of aldehydes is 1. The first-order valence-corrected chi connectivity index (χ1v) is 4.87. The molecule has 2 heteroatoms. The molecule has 72 valence electrons. The van der Waals surface area contributed by atoms with Gasteiger partial charge in [-0.3, -0.25) is 0 Å². The number of aromatic nitrogens is 1. The standard InChI is InChI=1S/C12H13NO/c1-2-13-8-6-10-4-3-5-11(7-9-14)12(10)13/h3-6,8-9H,2,7H2,1H3. The van der Waals surface area contributed by atoms with Crippen LogP contribution in [0.1, 0.15) is 12.5 Å². The first-order chi connectivity index (χ1) is 6.86. The molecule has 2 nitrogen and oxygen atoms in total. The van der Waals surface area contributed by atoms with Crippen LogP contribution in [-0.4, -0.2) is 10.9 Å². The molecule has 0 aliphatic carbocycles. The van der Waals surface area contributed by atoms with Crippen molar-refractivity contribution in [1.29, 1.82) is 0 Å². The average Bonchev–Trinajstić information content (AvgIpc) is 2.62. The summed E-state index contributed by atoms with van der Waals surface area (Å²) in [6.07, 6.45) is 3.53. The van der Waals surface area contributed by atoms with E-state index in [1.807, 2.05) is 12.1 Å². The summed E-state index contributed by atoms with van der Waals surface area (Å²) >= 11 is 0. The fourth-order valence-corrected chi connectivity index (χ4v) is 1.86. The molecule has 0 atom stereocenters. The van der Waals surface area contributed by atoms with Crippen molar-refractivity contribution in [3.8, 4) is 0 Å². The molecule has 2 aromatic rings. The number of carbonyl (C=O) groups excluding carboxylic acids is 1. The first-order valence-electron chi connectivity index (χ1n) is 4.87. The molecule has 0 N–H and O–H groups in total. The molecular formula is C12H13NO. The monoisotopic (exact) mass is 187 g/mol. The zero-order valence-electron chi connectivity index (χ0n) is 8.23. The fraction of sp³-hybridized carbons (Fsp3) is 0.250. The summed E-state index contributed by atoms with van der Waals surface area (Å²) in [5.41, 5.74) is 2.31. The summed E-state index contributed by atoms with van der Waals surface area (Å²) in [4.78, 5) is 10.5. The lowest BCUT2D eigenvalue weighted by atomic mass is 10.1. The number of aryl methyl sites for hydroxylation is 1. The van der Waals surface area contributed by atoms with Crippen molar-refractivity contribution in [2.45, 2.75) is 19.9 Å². The molecular weight excluding hydrogens is 174 g/mol. The number of rotatable bonds is 3. The Hall–Kier alpha value is -1.57. The van der Waals surface area contributed by atoms with E-state index in [1.54, 1.807) is 0 Å². The zero-order valence-corrected chi connectivity index (χ0v) is 8.23. The van der Waals surface area contributed by atoms with E-state index in [9.17, 15) is 4.79 Å². The van der Waals surface area contributed by atoms with Gasteiger partial charge in [0.2, 0.25) is 0 Å². The van der Waals surface area contributed by atoms with Gasteiger partial charge in [-0.15, -0.1) is 0 Å². The number of hydrogen-bond acceptors (Lipinski definition) is 1. The largest absolute Gasteiger partial charge is 0.348 e. The van der Waals surface area contributed by atoms with Crippen LogP contribution in [0.3, 0.4) is 0 Å². The van der Waals surface area contributed by atoms with E-state index < -0.39 is 0 Å². The van der Waals surface area contributed by atoms with Crippen molar-refractivity contribution in [2.75, 3.05) is 0 Å². The maximum absolute atomic E-state index is 10.5. The highest BCUT2D eigenvalue weighted by Gasteiger charge is 2.04. The van der Waals surface area contributed by atoms with E-state index in [-0.39, 0.29) is 0 Å². The first kappa shape index (κ1) is 9.00. The molecule has 0 saturated carbocycles. The van der Waals surface area contributed by atoms with Crippen molar-refractivity contribution in [3.05, 3.63) is 36.0 Å². The molecule has 0 aliphatic rings. The Labute approximate surface area is 83.2 Å². The van der Waals surface area contributed by atoms with Gasteiger partial charge in [0, 0.05) is 19.2 Å². The number of benzene rings is 1. The smallest absolute Gasteiger partial charge is 0.124 e. The van der Waals surface area contributed by atoms with Crippen LogP contribution in [0.4, 0.5) is 0 Å². The van der Waals surface area contributed by atoms with Gasteiger partial charge in [0.15, 0.2) is 0 Å². The molecule has 1 aromatic heterocycles. The average molecular weight is 187 g/mol. The lowest BCUT2D eigenvalue weighted by Crippen LogP contribution is -1.96. The molecule has 0 radical (unpaired) electrons. The van der Waals surface area contributed by atoms with E-state index >= 15 is 0 Å². The third kappa shape index (κ3) is 1.33. The number of fused-ring (bicyclic) bond motifs is 1. The molecule has 0 bridgehead atoms. The topological polar surface area (TPSA) is 22.0 Å². The molecule has 1 aromatic carbocycles. The van der Waals surface area contributed by atoms with Gasteiger partial charge in [0.05, 0.1) is 5.52 Å². The summed E-state index contributed by atoms with van der Waals surface area (Å²) in [5, 5.41) is 1.21. The van der Waals surface area contributed by atoms with Crippen molar-refractivity contribution in [3.63, 3.8) is 0 Å². The third-order valence-corrected chi connectivity index (χ3v) is 2.52. The van der Waals surface area contributed by atoms with Crippen LogP contribution in [0.25, 0.3) is 10.9 Å². The molecule has 0 unspecified atom stereocenters. The van der Waals surface area contributed by atoms with E-state index in [0.29, 0.717) is 6.42 Å². The van der Waals surface area contributed by atoms with Gasteiger partial charge in [0.25, 0.3) is 0 Å². The minimum absolute atomic E-state index is 0.501. The molecule has 0 fully saturated rings. The molecule has 0 spiro atoms. The van der Waals surface area contributed by atoms with Gasteiger partial charge in [-0.25, -0.2) is 0 Å². The summed E-state index contributed by atoms with van der Waals surface area (Å²) < 4.78 is 2.17. The lowest BCUT2D eigenvalue weighted by molar-refractivity contribution is -0.107. The van der Waals surface area contributed by atoms with Crippen molar-refractivity contribution < 1.29 is 4.79 Å². The molecule has 0 aliphatic heterocycles. The zero-order chi connectivity index (χ0) is 9.97. The predicted octanol–water partition coefficient (Wildman–Crippen LogP) is 2.40. The van der Waals surface area contributed by atoms with Crippen LogP contribution in [0.2, 0.25) is 0 Å². The SMILES string of the molecule is CCn1ccc2cccc(CC=O)c21. The van der Waals surface area contributed by atoms with Crippen LogP contribution < -0.4 is 0 Å². The van der Waals surface area contributed by atoms with Gasteiger partial charge in [-0.1, -0.05) is 18.2 Å². The summed E-state index contributed by atoms with van der Waals surface area (Å²) in [7, 11) is 0. The predicted molar refractivity (Wildman–Crippen MR) is 57.4 cm³/mol. The molecule has 0 saturated heterocycles. The number of hydrogen-bond donors (Lipinski definition) is 0. The Bertz CT molecular complexity index is 456. The van der Waals surface area contributed by atoms with Crippen LogP contribution in [0.5, 0.6) is 0 Å². The molecule has 0 amide bonds. The van der Waals surface area contributed by atoms with Gasteiger partial charge in [-0.05, 0) is 23.9 Å². The highest BCUT2D eigenvalue weighted by molar-refractivity contribution is 5.85. The quantitative estimate of drug-likeness (QED) is 0.676. The Balaban J connectivity index is 2.68. The van der Waals surface area contributed by atoms with Gasteiger partial charge >= 0.3 is 0 Å². The van der Waals surface area contributed by atoms with Gasteiger partial charge < -0.3 is 9.36 Å². The Kier molecular flexibility index (Phi) is 2.35. The minimum atomic E-state index is 0.501. The minimum Gasteiger partial charge on any atom is -0.348 e. The summed E-state index contributed by atoms with van der Waals surface area (Å²) in [6.45, 7) is 3.05. The van der Waals surface area contributed by atoms with E-state index in [1.165, 1.54) is 10.9 Å². The number of nitrogens with zero attached hydrogens (tertiary/aromatic N) is 1. The molecule has 1 heterocycles. The summed E-state index contributed by atoms with van der Waals surface area (Å²) in [6, 6.07) is 8.19. The molecule has 14 heavy (non-hydrogen) atoms. The normalized spacial score (nSPS) is 10.6. The second-order valence-corrected chi connectivity index (χ2v) is 3.33. The summed E-state index contributed by atoms with van der Waals surface area (Å²) in [5.74, 6) is 0. The van der Waals surface area contributed by atoms with E-state index in [0.717, 1.165) is 18.4 Å². The number of carbonyl (C=O) groups is 1.